The smallest absolute Gasteiger partial charge is 0.298 e. The van der Waals surface area contributed by atoms with Gasteiger partial charge in [0.1, 0.15) is 11.3 Å². The van der Waals surface area contributed by atoms with Gasteiger partial charge in [0.15, 0.2) is 11.5 Å². The lowest BCUT2D eigenvalue weighted by molar-refractivity contribution is -0.125. The first-order valence-corrected chi connectivity index (χ1v) is 9.72. The number of carbonyl (C=O) groups is 1. The highest BCUT2D eigenvalue weighted by Crippen LogP contribution is 2.35. The summed E-state index contributed by atoms with van der Waals surface area (Å²) >= 11 is 0. The van der Waals surface area contributed by atoms with E-state index in [0.717, 1.165) is 22.3 Å². The number of fused-ring (bicyclic) bond motifs is 1. The van der Waals surface area contributed by atoms with Crippen LogP contribution in [0.2, 0.25) is 0 Å². The molecule has 4 rings (SSSR count). The molecule has 0 aliphatic rings. The van der Waals surface area contributed by atoms with Gasteiger partial charge in [0, 0.05) is 5.57 Å². The molecule has 8 heteroatoms. The number of imidazole rings is 1. The number of hydrogen-bond acceptors (Lipinski definition) is 7. The van der Waals surface area contributed by atoms with Crippen LogP contribution in [0.25, 0.3) is 16.7 Å². The first kappa shape index (κ1) is 20.1. The van der Waals surface area contributed by atoms with Crippen molar-refractivity contribution >= 4 is 35.0 Å². The Morgan fingerprint density at radius 3 is 2.48 bits per heavy atom. The van der Waals surface area contributed by atoms with E-state index in [4.69, 9.17) is 16.2 Å². The normalized spacial score (nSPS) is 13.0. The van der Waals surface area contributed by atoms with E-state index < -0.39 is 6.04 Å². The minimum Gasteiger partial charge on any atom is -0.430 e. The number of rotatable bonds is 6. The lowest BCUT2D eigenvalue weighted by atomic mass is 9.91. The topological polar surface area (TPSA) is 122 Å². The van der Waals surface area contributed by atoms with Gasteiger partial charge in [0.05, 0.1) is 12.4 Å². The molecule has 0 aliphatic heterocycles. The standard InChI is InChI=1S/C23H22N6O2/c1-14-8-6-7-11-17(14)18(16-9-4-3-5-10-16)20(31-13-30)15(2)29-12-26-19-21(24)27-23(25)28-22(19)29/h3-13,15H,1-2H3,(H4,24,25,27,28)/b20-18-. The van der Waals surface area contributed by atoms with Gasteiger partial charge in [0.25, 0.3) is 6.47 Å². The molecule has 0 aliphatic carbocycles. The Labute approximate surface area is 179 Å². The second-order valence-corrected chi connectivity index (χ2v) is 7.10. The minimum atomic E-state index is -0.446. The molecule has 8 nitrogen and oxygen atoms in total. The van der Waals surface area contributed by atoms with E-state index in [9.17, 15) is 4.79 Å². The van der Waals surface area contributed by atoms with Crippen molar-refractivity contribution in [2.45, 2.75) is 19.9 Å². The number of nitrogen functional groups attached to an aromatic ring is 2. The monoisotopic (exact) mass is 414 g/mol. The van der Waals surface area contributed by atoms with E-state index in [1.807, 2.05) is 68.4 Å². The van der Waals surface area contributed by atoms with Crippen LogP contribution in [0.15, 0.2) is 66.7 Å². The molecule has 2 aromatic carbocycles. The van der Waals surface area contributed by atoms with Gasteiger partial charge in [-0.2, -0.15) is 9.97 Å². The Morgan fingerprint density at radius 1 is 1.06 bits per heavy atom. The lowest BCUT2D eigenvalue weighted by Crippen LogP contribution is -2.14. The largest absolute Gasteiger partial charge is 0.430 e. The molecular formula is C23H22N6O2. The Kier molecular flexibility index (Phi) is 5.36. The summed E-state index contributed by atoms with van der Waals surface area (Å²) < 4.78 is 7.38. The van der Waals surface area contributed by atoms with Crippen molar-refractivity contribution in [3.05, 3.63) is 83.4 Å². The number of nitrogens with zero attached hydrogens (tertiary/aromatic N) is 4. The summed E-state index contributed by atoms with van der Waals surface area (Å²) in [5.74, 6) is 0.686. The van der Waals surface area contributed by atoms with Crippen LogP contribution in [-0.4, -0.2) is 26.0 Å². The number of hydrogen-bond donors (Lipinski definition) is 2. The number of aryl methyl sites for hydroxylation is 1. The van der Waals surface area contributed by atoms with Crippen molar-refractivity contribution in [1.82, 2.24) is 19.5 Å². The molecule has 0 bridgehead atoms. The van der Waals surface area contributed by atoms with E-state index in [0.29, 0.717) is 23.4 Å². The highest BCUT2D eigenvalue weighted by molar-refractivity contribution is 5.85. The third kappa shape index (κ3) is 3.71. The molecule has 31 heavy (non-hydrogen) atoms. The molecule has 2 heterocycles. The van der Waals surface area contributed by atoms with Crippen molar-refractivity contribution < 1.29 is 9.53 Å². The summed E-state index contributed by atoms with van der Waals surface area (Å²) in [7, 11) is 0. The van der Waals surface area contributed by atoms with Crippen molar-refractivity contribution in [1.29, 1.82) is 0 Å². The SMILES string of the molecule is Cc1ccccc1/C(=C(\OC=O)C(C)n1cnc2c(N)nc(N)nc21)c1ccccc1. The van der Waals surface area contributed by atoms with Crippen molar-refractivity contribution in [2.24, 2.45) is 0 Å². The number of allylic oxidation sites excluding steroid dienone is 1. The van der Waals surface area contributed by atoms with Crippen LogP contribution in [0.1, 0.15) is 29.7 Å². The predicted molar refractivity (Wildman–Crippen MR) is 120 cm³/mol. The number of benzene rings is 2. The molecule has 0 saturated heterocycles. The zero-order chi connectivity index (χ0) is 22.0. The summed E-state index contributed by atoms with van der Waals surface area (Å²) in [5, 5.41) is 0. The van der Waals surface area contributed by atoms with Gasteiger partial charge >= 0.3 is 0 Å². The molecule has 0 radical (unpaired) electrons. The molecule has 1 unspecified atom stereocenters. The van der Waals surface area contributed by atoms with Gasteiger partial charge in [0.2, 0.25) is 5.95 Å². The summed E-state index contributed by atoms with van der Waals surface area (Å²) in [5.41, 5.74) is 16.4. The second-order valence-electron chi connectivity index (χ2n) is 7.10. The summed E-state index contributed by atoms with van der Waals surface area (Å²) in [6.45, 7) is 4.35. The Balaban J connectivity index is 2.00. The molecule has 0 fully saturated rings. The highest BCUT2D eigenvalue weighted by atomic mass is 16.5. The fourth-order valence-electron chi connectivity index (χ4n) is 3.67. The molecular weight excluding hydrogens is 392 g/mol. The highest BCUT2D eigenvalue weighted by Gasteiger charge is 2.24. The van der Waals surface area contributed by atoms with E-state index in [1.54, 1.807) is 10.9 Å². The fourth-order valence-corrected chi connectivity index (χ4v) is 3.67. The van der Waals surface area contributed by atoms with Crippen LogP contribution in [0, 0.1) is 6.92 Å². The van der Waals surface area contributed by atoms with Gasteiger partial charge < -0.3 is 20.8 Å². The zero-order valence-corrected chi connectivity index (χ0v) is 17.2. The third-order valence-corrected chi connectivity index (χ3v) is 5.16. The minimum absolute atomic E-state index is 0.0444. The van der Waals surface area contributed by atoms with Crippen LogP contribution >= 0.6 is 0 Å². The van der Waals surface area contributed by atoms with Crippen LogP contribution in [0.4, 0.5) is 11.8 Å². The maximum absolute atomic E-state index is 11.6. The van der Waals surface area contributed by atoms with Crippen LogP contribution in [0.3, 0.4) is 0 Å². The number of carbonyl (C=O) groups excluding carboxylic acids is 1. The molecule has 156 valence electrons. The number of ether oxygens (including phenoxy) is 1. The molecule has 4 N–H and O–H groups in total. The van der Waals surface area contributed by atoms with Crippen LogP contribution in [0.5, 0.6) is 0 Å². The molecule has 0 amide bonds. The maximum Gasteiger partial charge on any atom is 0.298 e. The van der Waals surface area contributed by atoms with Crippen LogP contribution < -0.4 is 11.5 Å². The average Bonchev–Trinajstić information content (AvgIpc) is 3.19. The van der Waals surface area contributed by atoms with Gasteiger partial charge in [-0.3, -0.25) is 4.79 Å². The molecule has 0 spiro atoms. The van der Waals surface area contributed by atoms with Gasteiger partial charge in [-0.1, -0.05) is 54.6 Å². The van der Waals surface area contributed by atoms with Gasteiger partial charge in [-0.05, 0) is 30.5 Å². The third-order valence-electron chi connectivity index (χ3n) is 5.16. The van der Waals surface area contributed by atoms with Gasteiger partial charge in [-0.25, -0.2) is 4.98 Å². The fraction of sp³-hybridized carbons (Fsp3) is 0.130. The zero-order valence-electron chi connectivity index (χ0n) is 17.2. The van der Waals surface area contributed by atoms with Gasteiger partial charge in [-0.15, -0.1) is 0 Å². The average molecular weight is 414 g/mol. The Morgan fingerprint density at radius 2 is 1.77 bits per heavy atom. The Hall–Kier alpha value is -4.20. The molecule has 4 aromatic rings. The van der Waals surface area contributed by atoms with Crippen molar-refractivity contribution in [3.63, 3.8) is 0 Å². The number of aromatic nitrogens is 4. The Bertz CT molecular complexity index is 1280. The predicted octanol–water partition coefficient (Wildman–Crippen LogP) is 3.49. The summed E-state index contributed by atoms with van der Waals surface area (Å²) in [6, 6.07) is 17.3. The van der Waals surface area contributed by atoms with E-state index in [1.165, 1.54) is 0 Å². The molecule has 1 atom stereocenters. The first-order valence-electron chi connectivity index (χ1n) is 9.72. The molecule has 2 aromatic heterocycles. The summed E-state index contributed by atoms with van der Waals surface area (Å²) in [6.07, 6.45) is 1.59. The van der Waals surface area contributed by atoms with Crippen molar-refractivity contribution in [2.75, 3.05) is 11.5 Å². The number of nitrogens with two attached hydrogens (primary N) is 2. The van der Waals surface area contributed by atoms with E-state index in [-0.39, 0.29) is 11.8 Å². The first-order chi connectivity index (χ1) is 15.0. The van der Waals surface area contributed by atoms with Crippen LogP contribution in [-0.2, 0) is 9.53 Å². The van der Waals surface area contributed by atoms with Crippen molar-refractivity contribution in [3.8, 4) is 0 Å². The quantitative estimate of drug-likeness (QED) is 0.366. The van der Waals surface area contributed by atoms with E-state index in [2.05, 4.69) is 15.0 Å². The summed E-state index contributed by atoms with van der Waals surface area (Å²) in [4.78, 5) is 24.2. The van der Waals surface area contributed by atoms with E-state index >= 15 is 0 Å². The second kappa shape index (κ2) is 8.27. The maximum atomic E-state index is 11.6. The molecule has 0 saturated carbocycles. The number of anilines is 2. The lowest BCUT2D eigenvalue weighted by Gasteiger charge is -2.22.